The quantitative estimate of drug-likeness (QED) is 0.598. The topological polar surface area (TPSA) is 84.0 Å². The number of carbonyl (C=O) groups is 1. The van der Waals surface area contributed by atoms with Crippen molar-refractivity contribution >= 4 is 32.6 Å². The molecule has 0 unspecified atom stereocenters. The van der Waals surface area contributed by atoms with Gasteiger partial charge in [-0.05, 0) is 42.7 Å². The minimum atomic E-state index is -0.330. The van der Waals surface area contributed by atoms with Crippen LogP contribution in [0.1, 0.15) is 31.2 Å². The Morgan fingerprint density at radius 1 is 1.10 bits per heavy atom. The summed E-state index contributed by atoms with van der Waals surface area (Å²) in [5.41, 5.74) is 0.586. The van der Waals surface area contributed by atoms with Crippen LogP contribution in [-0.2, 0) is 16.8 Å². The van der Waals surface area contributed by atoms with E-state index in [9.17, 15) is 14.4 Å². The summed E-state index contributed by atoms with van der Waals surface area (Å²) in [7, 11) is 0. The number of nitrogens with one attached hydrogen (secondary N) is 2. The number of nitrogens with zero attached hydrogens (tertiary/aromatic N) is 1. The molecule has 2 aromatic carbocycles. The number of carbonyl (C=O) groups excluding carboxylic acids is 1. The minimum Gasteiger partial charge on any atom is -0.355 e. The fourth-order valence-electron chi connectivity index (χ4n) is 3.96. The Hall–Kier alpha value is -2.67. The first-order valence-corrected chi connectivity index (χ1v) is 10.5. The third-order valence-corrected chi connectivity index (χ3v) is 6.31. The van der Waals surface area contributed by atoms with Crippen LogP contribution in [0.15, 0.2) is 62.6 Å². The molecule has 2 N–H and O–H groups in total. The lowest BCUT2D eigenvalue weighted by Crippen LogP contribution is -2.45. The van der Waals surface area contributed by atoms with E-state index >= 15 is 0 Å². The smallest absolute Gasteiger partial charge is 0.273 e. The minimum absolute atomic E-state index is 0.0203. The molecule has 0 bridgehead atoms. The first-order valence-electron chi connectivity index (χ1n) is 9.73. The molecule has 0 radical (unpaired) electrons. The summed E-state index contributed by atoms with van der Waals surface area (Å²) in [6, 6.07) is 14.9. The number of aromatic amines is 1. The maximum Gasteiger partial charge on any atom is 0.273 e. The van der Waals surface area contributed by atoms with Gasteiger partial charge in [-0.15, -0.1) is 0 Å². The number of rotatable bonds is 6. The largest absolute Gasteiger partial charge is 0.355 e. The van der Waals surface area contributed by atoms with Crippen molar-refractivity contribution < 1.29 is 4.79 Å². The Balaban J connectivity index is 1.42. The molecule has 7 heteroatoms. The highest BCUT2D eigenvalue weighted by atomic mass is 79.9. The van der Waals surface area contributed by atoms with Gasteiger partial charge in [-0.3, -0.25) is 19.5 Å². The lowest BCUT2D eigenvalue weighted by Gasteiger charge is -2.42. The van der Waals surface area contributed by atoms with Crippen LogP contribution >= 0.6 is 15.9 Å². The van der Waals surface area contributed by atoms with E-state index in [-0.39, 0.29) is 35.4 Å². The van der Waals surface area contributed by atoms with Crippen LogP contribution in [0.3, 0.4) is 0 Å². The third kappa shape index (κ3) is 3.92. The molecule has 0 saturated heterocycles. The van der Waals surface area contributed by atoms with Crippen molar-refractivity contribution in [2.24, 2.45) is 0 Å². The molecule has 1 amide bonds. The molecule has 0 atom stereocenters. The Bertz CT molecular complexity index is 1180. The molecule has 4 rings (SSSR count). The van der Waals surface area contributed by atoms with Gasteiger partial charge in [0.2, 0.25) is 5.91 Å². The number of halogens is 1. The van der Waals surface area contributed by atoms with Gasteiger partial charge in [0, 0.05) is 22.9 Å². The number of aryl methyl sites for hydroxylation is 1. The number of hydrogen-bond donors (Lipinski definition) is 2. The van der Waals surface area contributed by atoms with E-state index < -0.39 is 0 Å². The van der Waals surface area contributed by atoms with E-state index in [0.29, 0.717) is 17.3 Å². The molecular formula is C22H22BrN3O3. The molecule has 1 aliphatic rings. The summed E-state index contributed by atoms with van der Waals surface area (Å²) in [4.78, 5) is 37.1. The molecule has 0 aliphatic heterocycles. The van der Waals surface area contributed by atoms with Gasteiger partial charge >= 0.3 is 0 Å². The second-order valence-electron chi connectivity index (χ2n) is 7.61. The van der Waals surface area contributed by atoms with Gasteiger partial charge in [0.25, 0.3) is 11.1 Å². The molecule has 150 valence electrons. The summed E-state index contributed by atoms with van der Waals surface area (Å²) < 4.78 is 2.25. The van der Waals surface area contributed by atoms with Crippen molar-refractivity contribution in [3.05, 3.63) is 79.3 Å². The molecule has 1 heterocycles. The van der Waals surface area contributed by atoms with Crippen LogP contribution in [-0.4, -0.2) is 22.2 Å². The maximum atomic E-state index is 12.5. The van der Waals surface area contributed by atoms with Crippen LogP contribution < -0.4 is 16.4 Å². The van der Waals surface area contributed by atoms with Crippen molar-refractivity contribution in [2.75, 3.05) is 6.54 Å². The van der Waals surface area contributed by atoms with Gasteiger partial charge in [-0.1, -0.05) is 46.6 Å². The molecule has 3 aromatic rings. The van der Waals surface area contributed by atoms with Gasteiger partial charge in [0.1, 0.15) is 0 Å². The van der Waals surface area contributed by atoms with Crippen molar-refractivity contribution in [3.8, 4) is 0 Å². The molecule has 29 heavy (non-hydrogen) atoms. The van der Waals surface area contributed by atoms with Gasteiger partial charge in [0.15, 0.2) is 0 Å². The van der Waals surface area contributed by atoms with Crippen LogP contribution in [0.25, 0.3) is 10.8 Å². The van der Waals surface area contributed by atoms with Gasteiger partial charge in [0.05, 0.1) is 17.3 Å². The number of H-pyrrole nitrogens is 1. The van der Waals surface area contributed by atoms with Crippen LogP contribution in [0.5, 0.6) is 0 Å². The van der Waals surface area contributed by atoms with E-state index in [4.69, 9.17) is 0 Å². The molecule has 0 spiro atoms. The highest BCUT2D eigenvalue weighted by molar-refractivity contribution is 9.10. The van der Waals surface area contributed by atoms with E-state index in [0.717, 1.165) is 23.7 Å². The number of hydrogen-bond acceptors (Lipinski definition) is 3. The van der Waals surface area contributed by atoms with Crippen LogP contribution in [0, 0.1) is 0 Å². The fraction of sp³-hybridized carbons (Fsp3) is 0.318. The van der Waals surface area contributed by atoms with E-state index in [1.807, 2.05) is 12.1 Å². The Labute approximate surface area is 176 Å². The summed E-state index contributed by atoms with van der Waals surface area (Å²) >= 11 is 3.52. The number of aromatic nitrogens is 2. The third-order valence-electron chi connectivity index (χ3n) is 5.82. The Kier molecular flexibility index (Phi) is 5.41. The van der Waals surface area contributed by atoms with Crippen molar-refractivity contribution in [3.63, 3.8) is 0 Å². The van der Waals surface area contributed by atoms with Crippen molar-refractivity contribution in [2.45, 2.75) is 37.6 Å². The monoisotopic (exact) mass is 455 g/mol. The molecule has 1 saturated carbocycles. The Morgan fingerprint density at radius 2 is 1.86 bits per heavy atom. The summed E-state index contributed by atoms with van der Waals surface area (Å²) in [5.74, 6) is -0.132. The lowest BCUT2D eigenvalue weighted by molar-refractivity contribution is -0.121. The standard InChI is InChI=1S/C22H22BrN3O3/c23-16-6-3-5-15(13-16)22(10-4-11-22)14-24-19(27)9-12-26-21(29)18-8-2-1-7-17(18)20(28)25-26/h1-3,5-8,13H,4,9-12,14H2,(H,24,27)(H,25,28). The first-order chi connectivity index (χ1) is 14.0. The van der Waals surface area contributed by atoms with Crippen molar-refractivity contribution in [1.82, 2.24) is 15.1 Å². The average molecular weight is 456 g/mol. The van der Waals surface area contributed by atoms with Gasteiger partial charge in [-0.2, -0.15) is 0 Å². The van der Waals surface area contributed by atoms with Gasteiger partial charge in [-0.25, -0.2) is 4.68 Å². The summed E-state index contributed by atoms with van der Waals surface area (Å²) in [5, 5.41) is 6.31. The van der Waals surface area contributed by atoms with Crippen LogP contribution in [0.2, 0.25) is 0 Å². The van der Waals surface area contributed by atoms with Gasteiger partial charge < -0.3 is 5.32 Å². The second-order valence-corrected chi connectivity index (χ2v) is 8.53. The Morgan fingerprint density at radius 3 is 2.55 bits per heavy atom. The second kappa shape index (κ2) is 7.99. The zero-order chi connectivity index (χ0) is 20.4. The number of amides is 1. The predicted octanol–water partition coefficient (Wildman–Crippen LogP) is 3.08. The highest BCUT2D eigenvalue weighted by Crippen LogP contribution is 2.43. The molecule has 1 fully saturated rings. The average Bonchev–Trinajstić information content (AvgIpc) is 2.69. The number of fused-ring (bicyclic) bond motifs is 1. The molecule has 1 aromatic heterocycles. The van der Waals surface area contributed by atoms with E-state index in [2.05, 4.69) is 38.5 Å². The maximum absolute atomic E-state index is 12.5. The fourth-order valence-corrected chi connectivity index (χ4v) is 4.36. The van der Waals surface area contributed by atoms with Crippen molar-refractivity contribution in [1.29, 1.82) is 0 Å². The normalized spacial score (nSPS) is 15.1. The summed E-state index contributed by atoms with van der Waals surface area (Å²) in [6.45, 7) is 0.708. The zero-order valence-corrected chi connectivity index (χ0v) is 17.5. The van der Waals surface area contributed by atoms with Crippen LogP contribution in [0.4, 0.5) is 0 Å². The predicted molar refractivity (Wildman–Crippen MR) is 116 cm³/mol. The lowest BCUT2D eigenvalue weighted by atomic mass is 9.64. The SMILES string of the molecule is O=C(CCn1[nH]c(=O)c2ccccc2c1=O)NCC1(c2cccc(Br)c2)CCC1. The summed E-state index contributed by atoms with van der Waals surface area (Å²) in [6.07, 6.45) is 3.36. The molecule has 1 aliphatic carbocycles. The highest BCUT2D eigenvalue weighted by Gasteiger charge is 2.38. The first kappa shape index (κ1) is 19.6. The van der Waals surface area contributed by atoms with E-state index in [1.54, 1.807) is 24.3 Å². The number of benzene rings is 2. The molecule has 6 nitrogen and oxygen atoms in total. The van der Waals surface area contributed by atoms with E-state index in [1.165, 1.54) is 10.2 Å². The zero-order valence-electron chi connectivity index (χ0n) is 15.9. The molecular weight excluding hydrogens is 434 g/mol.